The van der Waals surface area contributed by atoms with Gasteiger partial charge in [0.1, 0.15) is 5.75 Å². The third kappa shape index (κ3) is 8.20. The second-order valence-corrected chi connectivity index (χ2v) is 6.87. The summed E-state index contributed by atoms with van der Waals surface area (Å²) in [4.78, 5) is 12.0. The molecule has 1 aromatic carbocycles. The van der Waals surface area contributed by atoms with Crippen molar-refractivity contribution >= 4 is 30.1 Å². The molecular weight excluding hydrogens is 377 g/mol. The average molecular weight is 399 g/mol. The maximum atomic E-state index is 12.3. The van der Waals surface area contributed by atoms with Crippen molar-refractivity contribution in [1.82, 2.24) is 10.6 Å². The molecule has 142 valence electrons. The summed E-state index contributed by atoms with van der Waals surface area (Å²) < 4.78 is 41.9. The van der Waals surface area contributed by atoms with Crippen LogP contribution in [0.2, 0.25) is 0 Å². The highest BCUT2D eigenvalue weighted by Crippen LogP contribution is 2.23. The van der Waals surface area contributed by atoms with Gasteiger partial charge < -0.3 is 15.4 Å². The van der Waals surface area contributed by atoms with Crippen molar-refractivity contribution in [3.63, 3.8) is 0 Å². The summed E-state index contributed by atoms with van der Waals surface area (Å²) in [5.41, 5.74) is 1.33. The predicted octanol–water partition coefficient (Wildman–Crippen LogP) is 3.07. The first-order chi connectivity index (χ1) is 11.3. The molecule has 25 heavy (non-hydrogen) atoms. The van der Waals surface area contributed by atoms with Crippen LogP contribution in [0.5, 0.6) is 5.75 Å². The van der Waals surface area contributed by atoms with Crippen LogP contribution in [0.15, 0.2) is 18.2 Å². The lowest BCUT2D eigenvalue weighted by molar-refractivity contribution is -0.153. The van der Waals surface area contributed by atoms with E-state index in [2.05, 4.69) is 10.6 Å². The lowest BCUT2D eigenvalue weighted by Crippen LogP contribution is -2.41. The van der Waals surface area contributed by atoms with Gasteiger partial charge in [-0.05, 0) is 18.6 Å². The van der Waals surface area contributed by atoms with Crippen LogP contribution in [0, 0.1) is 6.92 Å². The van der Waals surface area contributed by atoms with Crippen molar-refractivity contribution in [2.75, 3.05) is 24.7 Å². The summed E-state index contributed by atoms with van der Waals surface area (Å²) in [6.07, 6.45) is -4.04. The molecule has 0 aromatic heterocycles. The van der Waals surface area contributed by atoms with Gasteiger partial charge in [-0.3, -0.25) is 4.79 Å². The highest BCUT2D eigenvalue weighted by Gasteiger charge is 2.28. The van der Waals surface area contributed by atoms with Crippen molar-refractivity contribution < 1.29 is 22.7 Å². The van der Waals surface area contributed by atoms with Gasteiger partial charge in [0.15, 0.2) is 6.61 Å². The summed E-state index contributed by atoms with van der Waals surface area (Å²) in [6, 6.07) is 5.15. The molecule has 1 heterocycles. The lowest BCUT2D eigenvalue weighted by atomic mass is 10.1. The molecule has 9 heteroatoms. The van der Waals surface area contributed by atoms with Crippen molar-refractivity contribution in [1.29, 1.82) is 0 Å². The molecule has 0 spiro atoms. The number of hydrogen-bond donors (Lipinski definition) is 2. The quantitative estimate of drug-likeness (QED) is 0.773. The molecule has 4 nitrogen and oxygen atoms in total. The molecule has 0 saturated carbocycles. The van der Waals surface area contributed by atoms with E-state index in [1.165, 1.54) is 0 Å². The molecule has 0 radical (unpaired) electrons. The number of hydrogen-bond acceptors (Lipinski definition) is 4. The van der Waals surface area contributed by atoms with E-state index in [-0.39, 0.29) is 36.7 Å². The first-order valence-corrected chi connectivity index (χ1v) is 8.86. The van der Waals surface area contributed by atoms with Gasteiger partial charge in [0.25, 0.3) is 0 Å². The molecule has 1 saturated heterocycles. The number of halogens is 4. The fraction of sp³-hybridized carbons (Fsp3) is 0.562. The second-order valence-electron chi connectivity index (χ2n) is 5.72. The van der Waals surface area contributed by atoms with E-state index in [4.69, 9.17) is 4.74 Å². The standard InChI is InChI=1S/C16H21F3N2O2S.ClH/c1-11-2-3-12(14(6-11)23-10-16(17,18)19)8-21-15(22)7-13-9-24-5-4-20-13;/h2-3,6,13,20H,4-5,7-10H2,1H3,(H,21,22);1H. The number of rotatable bonds is 6. The van der Waals surface area contributed by atoms with E-state index in [1.807, 2.05) is 0 Å². The number of alkyl halides is 3. The molecule has 0 aliphatic carbocycles. The Bertz CT molecular complexity index is 567. The van der Waals surface area contributed by atoms with E-state index < -0.39 is 12.8 Å². The Labute approximate surface area is 155 Å². The summed E-state index contributed by atoms with van der Waals surface area (Å²) >= 11 is 1.80. The lowest BCUT2D eigenvalue weighted by Gasteiger charge is -2.22. The molecular formula is C16H22ClF3N2O2S. The van der Waals surface area contributed by atoms with Crippen LogP contribution < -0.4 is 15.4 Å². The van der Waals surface area contributed by atoms with E-state index in [9.17, 15) is 18.0 Å². The summed E-state index contributed by atoms with van der Waals surface area (Å²) in [5, 5.41) is 6.03. The van der Waals surface area contributed by atoms with Gasteiger partial charge in [-0.1, -0.05) is 12.1 Å². The summed E-state index contributed by atoms with van der Waals surface area (Å²) in [7, 11) is 0. The zero-order chi connectivity index (χ0) is 17.6. The number of carbonyl (C=O) groups excluding carboxylic acids is 1. The Morgan fingerprint density at radius 1 is 1.44 bits per heavy atom. The zero-order valence-electron chi connectivity index (χ0n) is 13.8. The third-order valence-electron chi connectivity index (χ3n) is 3.52. The van der Waals surface area contributed by atoms with Crippen LogP contribution in [0.3, 0.4) is 0 Å². The Hall–Kier alpha value is -1.12. The smallest absolute Gasteiger partial charge is 0.422 e. The number of nitrogens with one attached hydrogen (secondary N) is 2. The maximum absolute atomic E-state index is 12.3. The third-order valence-corrected chi connectivity index (χ3v) is 4.65. The first kappa shape index (κ1) is 21.9. The van der Waals surface area contributed by atoms with Gasteiger partial charge in [0.05, 0.1) is 0 Å². The van der Waals surface area contributed by atoms with Crippen LogP contribution in [0.25, 0.3) is 0 Å². The van der Waals surface area contributed by atoms with Crippen LogP contribution in [0.4, 0.5) is 13.2 Å². The van der Waals surface area contributed by atoms with Crippen molar-refractivity contribution in [3.05, 3.63) is 29.3 Å². The Morgan fingerprint density at radius 2 is 2.20 bits per heavy atom. The molecule has 2 rings (SSSR count). The Kier molecular flexibility index (Phi) is 8.88. The monoisotopic (exact) mass is 398 g/mol. The molecule has 0 bridgehead atoms. The number of ether oxygens (including phenoxy) is 1. The van der Waals surface area contributed by atoms with E-state index in [0.29, 0.717) is 12.0 Å². The second kappa shape index (κ2) is 10.1. The van der Waals surface area contributed by atoms with Gasteiger partial charge in [-0.2, -0.15) is 24.9 Å². The molecule has 2 N–H and O–H groups in total. The fourth-order valence-corrected chi connectivity index (χ4v) is 3.29. The number of thioether (sulfide) groups is 1. The molecule has 1 atom stereocenters. The maximum Gasteiger partial charge on any atom is 0.422 e. The van der Waals surface area contributed by atoms with Gasteiger partial charge in [0.2, 0.25) is 5.91 Å². The molecule has 1 unspecified atom stereocenters. The fourth-order valence-electron chi connectivity index (χ4n) is 2.34. The highest BCUT2D eigenvalue weighted by molar-refractivity contribution is 7.99. The Balaban J connectivity index is 0.00000312. The zero-order valence-corrected chi connectivity index (χ0v) is 15.5. The highest BCUT2D eigenvalue weighted by atomic mass is 35.5. The van der Waals surface area contributed by atoms with Crippen molar-refractivity contribution in [3.8, 4) is 5.75 Å². The SMILES string of the molecule is Cc1ccc(CNC(=O)CC2CSCCN2)c(OCC(F)(F)F)c1.Cl. The Morgan fingerprint density at radius 3 is 2.84 bits per heavy atom. The van der Waals surface area contributed by atoms with Crippen molar-refractivity contribution in [2.24, 2.45) is 0 Å². The molecule has 1 aliphatic heterocycles. The average Bonchev–Trinajstić information content (AvgIpc) is 2.52. The molecule has 1 amide bonds. The normalized spacial score (nSPS) is 17.5. The minimum atomic E-state index is -4.39. The van der Waals surface area contributed by atoms with Gasteiger partial charge in [0, 0.05) is 42.6 Å². The number of benzene rings is 1. The molecule has 1 aliphatic rings. The summed E-state index contributed by atoms with van der Waals surface area (Å²) in [6.45, 7) is 1.46. The number of amides is 1. The van der Waals surface area contributed by atoms with Crippen LogP contribution in [0.1, 0.15) is 17.5 Å². The minimum Gasteiger partial charge on any atom is -0.484 e. The molecule has 1 aromatic rings. The first-order valence-electron chi connectivity index (χ1n) is 7.70. The number of carbonyl (C=O) groups is 1. The molecule has 1 fully saturated rings. The minimum absolute atomic E-state index is 0. The largest absolute Gasteiger partial charge is 0.484 e. The predicted molar refractivity (Wildman–Crippen MR) is 95.6 cm³/mol. The van der Waals surface area contributed by atoms with Crippen LogP contribution >= 0.6 is 24.2 Å². The van der Waals surface area contributed by atoms with Crippen LogP contribution in [-0.2, 0) is 11.3 Å². The number of aryl methyl sites for hydroxylation is 1. The van der Waals surface area contributed by atoms with Crippen LogP contribution in [-0.4, -0.2) is 42.8 Å². The van der Waals surface area contributed by atoms with Crippen molar-refractivity contribution in [2.45, 2.75) is 32.1 Å². The van der Waals surface area contributed by atoms with E-state index in [1.54, 1.807) is 36.9 Å². The van der Waals surface area contributed by atoms with E-state index in [0.717, 1.165) is 23.6 Å². The van der Waals surface area contributed by atoms with Gasteiger partial charge in [-0.15, -0.1) is 12.4 Å². The van der Waals surface area contributed by atoms with E-state index >= 15 is 0 Å². The van der Waals surface area contributed by atoms with Gasteiger partial charge >= 0.3 is 6.18 Å². The summed E-state index contributed by atoms with van der Waals surface area (Å²) in [5.74, 6) is 1.95. The topological polar surface area (TPSA) is 50.4 Å². The van der Waals surface area contributed by atoms with Gasteiger partial charge in [-0.25, -0.2) is 0 Å².